The number of rotatable bonds is 5. The lowest BCUT2D eigenvalue weighted by Gasteiger charge is -2.24. The fourth-order valence-electron chi connectivity index (χ4n) is 2.31. The Kier molecular flexibility index (Phi) is 4.83. The van der Waals surface area contributed by atoms with Crippen LogP contribution >= 0.6 is 0 Å². The third-order valence-corrected chi connectivity index (χ3v) is 3.27. The normalized spacial score (nSPS) is 20.2. The monoisotopic (exact) mass is 234 g/mol. The summed E-state index contributed by atoms with van der Waals surface area (Å²) in [6.07, 6.45) is 3.94. The Morgan fingerprint density at radius 3 is 3.00 bits per heavy atom. The average Bonchev–Trinajstić information content (AvgIpc) is 2.39. The van der Waals surface area contributed by atoms with Crippen LogP contribution in [0.5, 0.6) is 0 Å². The Morgan fingerprint density at radius 2 is 2.24 bits per heavy atom. The van der Waals surface area contributed by atoms with Gasteiger partial charge in [-0.1, -0.05) is 24.6 Å². The van der Waals surface area contributed by atoms with E-state index >= 15 is 0 Å². The van der Waals surface area contributed by atoms with Crippen LogP contribution in [0.4, 0.5) is 5.69 Å². The van der Waals surface area contributed by atoms with Crippen molar-refractivity contribution in [3.05, 3.63) is 29.8 Å². The number of methoxy groups -OCH3 is 1. The number of nitrogens with one attached hydrogen (secondary N) is 2. The minimum absolute atomic E-state index is 0.611. The van der Waals surface area contributed by atoms with Crippen LogP contribution in [0, 0.1) is 0 Å². The maximum absolute atomic E-state index is 5.20. The first-order chi connectivity index (χ1) is 8.40. The van der Waals surface area contributed by atoms with Crippen molar-refractivity contribution in [3.8, 4) is 0 Å². The molecule has 17 heavy (non-hydrogen) atoms. The van der Waals surface area contributed by atoms with Crippen LogP contribution in [-0.4, -0.2) is 26.2 Å². The molecule has 1 unspecified atom stereocenters. The Balaban J connectivity index is 1.88. The summed E-state index contributed by atoms with van der Waals surface area (Å²) in [5.41, 5.74) is 2.42. The molecule has 94 valence electrons. The van der Waals surface area contributed by atoms with Gasteiger partial charge in [-0.25, -0.2) is 0 Å². The van der Waals surface area contributed by atoms with Crippen molar-refractivity contribution in [1.82, 2.24) is 5.32 Å². The van der Waals surface area contributed by atoms with E-state index in [0.717, 1.165) is 13.1 Å². The van der Waals surface area contributed by atoms with Crippen LogP contribution in [-0.2, 0) is 11.3 Å². The zero-order valence-electron chi connectivity index (χ0n) is 10.5. The second-order valence-electron chi connectivity index (χ2n) is 4.62. The van der Waals surface area contributed by atoms with Crippen molar-refractivity contribution in [3.63, 3.8) is 0 Å². The highest BCUT2D eigenvalue weighted by atomic mass is 16.5. The summed E-state index contributed by atoms with van der Waals surface area (Å²) in [7, 11) is 1.74. The smallest absolute Gasteiger partial charge is 0.0733 e. The van der Waals surface area contributed by atoms with Crippen LogP contribution in [0.25, 0.3) is 0 Å². The van der Waals surface area contributed by atoms with Crippen LogP contribution in [0.3, 0.4) is 0 Å². The number of para-hydroxylation sites is 1. The zero-order valence-corrected chi connectivity index (χ0v) is 10.5. The van der Waals surface area contributed by atoms with Gasteiger partial charge in [0, 0.05) is 30.9 Å². The second-order valence-corrected chi connectivity index (χ2v) is 4.62. The minimum atomic E-state index is 0.611. The fraction of sp³-hybridized carbons (Fsp3) is 0.571. The third kappa shape index (κ3) is 3.72. The summed E-state index contributed by atoms with van der Waals surface area (Å²) in [5.74, 6) is 0. The molecule has 3 nitrogen and oxygen atoms in total. The van der Waals surface area contributed by atoms with Crippen molar-refractivity contribution in [1.29, 1.82) is 0 Å². The van der Waals surface area contributed by atoms with Crippen LogP contribution in [0.15, 0.2) is 24.3 Å². The molecule has 1 aliphatic rings. The quantitative estimate of drug-likeness (QED) is 0.820. The maximum atomic E-state index is 5.20. The molecular formula is C14H22N2O. The molecule has 1 aromatic rings. The van der Waals surface area contributed by atoms with Gasteiger partial charge in [-0.15, -0.1) is 0 Å². The van der Waals surface area contributed by atoms with E-state index < -0.39 is 0 Å². The Bertz CT molecular complexity index is 335. The molecule has 0 aromatic heterocycles. The molecule has 0 radical (unpaired) electrons. The van der Waals surface area contributed by atoms with Crippen molar-refractivity contribution in [2.24, 2.45) is 0 Å². The fourth-order valence-corrected chi connectivity index (χ4v) is 2.31. The summed E-state index contributed by atoms with van der Waals surface area (Å²) < 4.78 is 5.20. The van der Waals surface area contributed by atoms with Crippen LogP contribution in [0.2, 0.25) is 0 Å². The molecule has 1 saturated heterocycles. The summed E-state index contributed by atoms with van der Waals surface area (Å²) >= 11 is 0. The van der Waals surface area contributed by atoms with E-state index in [-0.39, 0.29) is 0 Å². The third-order valence-electron chi connectivity index (χ3n) is 3.27. The molecular weight excluding hydrogens is 212 g/mol. The lowest BCUT2D eigenvalue weighted by Crippen LogP contribution is -2.39. The van der Waals surface area contributed by atoms with E-state index in [1.807, 2.05) is 0 Å². The molecule has 1 atom stereocenters. The highest BCUT2D eigenvalue weighted by molar-refractivity contribution is 5.50. The first-order valence-electron chi connectivity index (χ1n) is 6.44. The highest BCUT2D eigenvalue weighted by Crippen LogP contribution is 2.16. The number of hydrogen-bond donors (Lipinski definition) is 2. The predicted molar refractivity (Wildman–Crippen MR) is 71.3 cm³/mol. The molecule has 1 heterocycles. The van der Waals surface area contributed by atoms with Crippen LogP contribution in [0.1, 0.15) is 24.8 Å². The highest BCUT2D eigenvalue weighted by Gasteiger charge is 2.12. The lowest BCUT2D eigenvalue weighted by atomic mass is 10.0. The predicted octanol–water partition coefficient (Wildman–Crippen LogP) is 2.39. The van der Waals surface area contributed by atoms with Gasteiger partial charge in [0.25, 0.3) is 0 Å². The van der Waals surface area contributed by atoms with Crippen LogP contribution < -0.4 is 10.6 Å². The van der Waals surface area contributed by atoms with Crippen molar-refractivity contribution in [2.45, 2.75) is 31.9 Å². The molecule has 2 N–H and O–H groups in total. The van der Waals surface area contributed by atoms with Crippen molar-refractivity contribution < 1.29 is 4.74 Å². The van der Waals surface area contributed by atoms with E-state index in [1.165, 1.54) is 30.5 Å². The number of hydrogen-bond acceptors (Lipinski definition) is 3. The van der Waals surface area contributed by atoms with Gasteiger partial charge in [0.05, 0.1) is 6.61 Å². The summed E-state index contributed by atoms with van der Waals surface area (Å²) in [6, 6.07) is 8.96. The number of benzene rings is 1. The zero-order chi connectivity index (χ0) is 11.9. The molecule has 0 amide bonds. The van der Waals surface area contributed by atoms with E-state index in [9.17, 15) is 0 Å². The van der Waals surface area contributed by atoms with Crippen molar-refractivity contribution in [2.75, 3.05) is 25.5 Å². The van der Waals surface area contributed by atoms with E-state index in [0.29, 0.717) is 12.6 Å². The van der Waals surface area contributed by atoms with E-state index in [1.54, 1.807) is 7.11 Å². The minimum Gasteiger partial charge on any atom is -0.383 e. The van der Waals surface area contributed by atoms with Gasteiger partial charge in [0.15, 0.2) is 0 Å². The number of ether oxygens (including phenoxy) is 1. The van der Waals surface area contributed by atoms with Gasteiger partial charge < -0.3 is 15.4 Å². The van der Waals surface area contributed by atoms with Gasteiger partial charge in [-0.3, -0.25) is 0 Å². The molecule has 1 fully saturated rings. The molecule has 0 saturated carbocycles. The average molecular weight is 234 g/mol. The van der Waals surface area contributed by atoms with Gasteiger partial charge in [0.1, 0.15) is 0 Å². The topological polar surface area (TPSA) is 33.3 Å². The molecule has 0 spiro atoms. The van der Waals surface area contributed by atoms with Crippen molar-refractivity contribution >= 4 is 5.69 Å². The van der Waals surface area contributed by atoms with Gasteiger partial charge >= 0.3 is 0 Å². The summed E-state index contributed by atoms with van der Waals surface area (Å²) in [5, 5.41) is 7.07. The number of piperidine rings is 1. The van der Waals surface area contributed by atoms with E-state index in [4.69, 9.17) is 4.74 Å². The lowest BCUT2D eigenvalue weighted by molar-refractivity contribution is 0.185. The van der Waals surface area contributed by atoms with Gasteiger partial charge in [-0.2, -0.15) is 0 Å². The van der Waals surface area contributed by atoms with E-state index in [2.05, 4.69) is 34.9 Å². The molecule has 1 aromatic carbocycles. The largest absolute Gasteiger partial charge is 0.383 e. The molecule has 0 bridgehead atoms. The first-order valence-corrected chi connectivity index (χ1v) is 6.44. The molecule has 0 aliphatic carbocycles. The standard InChI is InChI=1S/C14H22N2O/c1-17-11-12-6-2-3-8-14(12)16-10-13-7-4-5-9-15-13/h2-3,6,8,13,15-16H,4-5,7,9-11H2,1H3. The van der Waals surface area contributed by atoms with Gasteiger partial charge in [0.2, 0.25) is 0 Å². The SMILES string of the molecule is COCc1ccccc1NCC1CCCCN1. The Hall–Kier alpha value is -1.06. The molecule has 2 rings (SSSR count). The van der Waals surface area contributed by atoms with Gasteiger partial charge in [-0.05, 0) is 25.5 Å². The summed E-state index contributed by atoms with van der Waals surface area (Å²) in [4.78, 5) is 0. The Labute approximate surface area is 104 Å². The molecule has 3 heteroatoms. The second kappa shape index (κ2) is 6.62. The first kappa shape index (κ1) is 12.4. The maximum Gasteiger partial charge on any atom is 0.0733 e. The Morgan fingerprint density at radius 1 is 1.35 bits per heavy atom. The summed E-state index contributed by atoms with van der Waals surface area (Å²) in [6.45, 7) is 2.83. The number of anilines is 1. The molecule has 1 aliphatic heterocycles.